The van der Waals surface area contributed by atoms with Gasteiger partial charge in [0.15, 0.2) is 0 Å². The van der Waals surface area contributed by atoms with Crippen LogP contribution in [0.4, 0.5) is 0 Å². The molecular weight excluding hydrogens is 186 g/mol. The highest BCUT2D eigenvalue weighted by atomic mass is 16.5. The van der Waals surface area contributed by atoms with Crippen LogP contribution in [0.2, 0.25) is 0 Å². The van der Waals surface area contributed by atoms with Gasteiger partial charge in [0, 0.05) is 12.0 Å². The van der Waals surface area contributed by atoms with E-state index >= 15 is 0 Å². The lowest BCUT2D eigenvalue weighted by Crippen LogP contribution is -2.35. The van der Waals surface area contributed by atoms with E-state index in [0.29, 0.717) is 18.2 Å². The molecule has 0 aromatic rings. The summed E-state index contributed by atoms with van der Waals surface area (Å²) < 4.78 is 6.02. The summed E-state index contributed by atoms with van der Waals surface area (Å²) in [4.78, 5) is 0. The van der Waals surface area contributed by atoms with Gasteiger partial charge in [-0.05, 0) is 45.1 Å². The fourth-order valence-corrected chi connectivity index (χ4v) is 3.15. The third kappa shape index (κ3) is 2.73. The molecule has 2 nitrogen and oxygen atoms in total. The van der Waals surface area contributed by atoms with Crippen molar-refractivity contribution < 1.29 is 4.74 Å². The zero-order chi connectivity index (χ0) is 10.8. The molecule has 0 spiro atoms. The quantitative estimate of drug-likeness (QED) is 0.774. The highest BCUT2D eigenvalue weighted by Gasteiger charge is 2.37. The molecular formula is C13H25NO. The van der Waals surface area contributed by atoms with Gasteiger partial charge >= 0.3 is 0 Å². The van der Waals surface area contributed by atoms with E-state index < -0.39 is 0 Å². The van der Waals surface area contributed by atoms with Gasteiger partial charge in [0.1, 0.15) is 0 Å². The van der Waals surface area contributed by atoms with Crippen molar-refractivity contribution in [3.63, 3.8) is 0 Å². The predicted molar refractivity (Wildman–Crippen MR) is 62.9 cm³/mol. The summed E-state index contributed by atoms with van der Waals surface area (Å²) in [5.74, 6) is 1.57. The van der Waals surface area contributed by atoms with Crippen LogP contribution in [0.3, 0.4) is 0 Å². The smallest absolute Gasteiger partial charge is 0.0623 e. The number of hydrogen-bond donors (Lipinski definition) is 1. The van der Waals surface area contributed by atoms with Crippen LogP contribution < -0.4 is 5.32 Å². The lowest BCUT2D eigenvalue weighted by molar-refractivity contribution is 0.0140. The Bertz CT molecular complexity index is 205. The van der Waals surface area contributed by atoms with Gasteiger partial charge in [0.2, 0.25) is 0 Å². The Labute approximate surface area is 93.8 Å². The zero-order valence-electron chi connectivity index (χ0n) is 10.3. The van der Waals surface area contributed by atoms with E-state index in [9.17, 15) is 0 Å². The summed E-state index contributed by atoms with van der Waals surface area (Å²) in [6.07, 6.45) is 6.19. The molecule has 0 radical (unpaired) electrons. The highest BCUT2D eigenvalue weighted by Crippen LogP contribution is 2.33. The van der Waals surface area contributed by atoms with Crippen molar-refractivity contribution in [1.82, 2.24) is 5.32 Å². The second kappa shape index (κ2) is 4.84. The van der Waals surface area contributed by atoms with E-state index in [4.69, 9.17) is 4.74 Å². The zero-order valence-corrected chi connectivity index (χ0v) is 10.3. The molecule has 0 aromatic heterocycles. The van der Waals surface area contributed by atoms with Crippen LogP contribution in [0.25, 0.3) is 0 Å². The van der Waals surface area contributed by atoms with Gasteiger partial charge in [-0.2, -0.15) is 0 Å². The maximum Gasteiger partial charge on any atom is 0.0623 e. The predicted octanol–water partition coefficient (Wildman–Crippen LogP) is 2.58. The van der Waals surface area contributed by atoms with Gasteiger partial charge in [-0.15, -0.1) is 0 Å². The first kappa shape index (κ1) is 11.4. The van der Waals surface area contributed by atoms with Crippen LogP contribution >= 0.6 is 0 Å². The summed E-state index contributed by atoms with van der Waals surface area (Å²) in [6.45, 7) is 8.03. The molecule has 2 heterocycles. The Balaban J connectivity index is 1.89. The Hall–Kier alpha value is -0.0800. The molecule has 15 heavy (non-hydrogen) atoms. The summed E-state index contributed by atoms with van der Waals surface area (Å²) >= 11 is 0. The average Bonchev–Trinajstić information content (AvgIpc) is 2.72. The number of ether oxygens (including phenoxy) is 1. The Morgan fingerprint density at radius 2 is 2.07 bits per heavy atom. The largest absolute Gasteiger partial charge is 0.375 e. The summed E-state index contributed by atoms with van der Waals surface area (Å²) in [5.41, 5.74) is 0. The second-order valence-corrected chi connectivity index (χ2v) is 5.71. The number of rotatable bonds is 3. The van der Waals surface area contributed by atoms with Gasteiger partial charge < -0.3 is 10.1 Å². The minimum atomic E-state index is 0.496. The van der Waals surface area contributed by atoms with E-state index in [1.54, 1.807) is 0 Å². The van der Waals surface area contributed by atoms with Crippen LogP contribution in [0.1, 0.15) is 46.5 Å². The molecule has 0 saturated carbocycles. The van der Waals surface area contributed by atoms with Crippen molar-refractivity contribution in [2.45, 2.75) is 64.7 Å². The van der Waals surface area contributed by atoms with Crippen molar-refractivity contribution in [2.75, 3.05) is 6.54 Å². The molecule has 2 aliphatic heterocycles. The molecule has 2 saturated heterocycles. The van der Waals surface area contributed by atoms with Crippen molar-refractivity contribution in [3.05, 3.63) is 0 Å². The molecule has 1 N–H and O–H groups in total. The van der Waals surface area contributed by atoms with Crippen LogP contribution in [-0.4, -0.2) is 24.8 Å². The normalized spacial score (nSPS) is 41.6. The fourth-order valence-electron chi connectivity index (χ4n) is 3.15. The summed E-state index contributed by atoms with van der Waals surface area (Å²) in [6, 6.07) is 0.709. The Kier molecular flexibility index (Phi) is 3.68. The molecule has 88 valence electrons. The fraction of sp³-hybridized carbons (Fsp3) is 1.00. The number of hydrogen-bond acceptors (Lipinski definition) is 2. The molecule has 4 unspecified atom stereocenters. The molecule has 2 heteroatoms. The van der Waals surface area contributed by atoms with Crippen LogP contribution in [0.5, 0.6) is 0 Å². The maximum absolute atomic E-state index is 6.02. The molecule has 0 amide bonds. The van der Waals surface area contributed by atoms with Crippen LogP contribution in [-0.2, 0) is 4.74 Å². The monoisotopic (exact) mass is 211 g/mol. The molecule has 2 rings (SSSR count). The molecule has 0 aromatic carbocycles. The van der Waals surface area contributed by atoms with Crippen molar-refractivity contribution in [3.8, 4) is 0 Å². The lowest BCUT2D eigenvalue weighted by Gasteiger charge is -2.26. The van der Waals surface area contributed by atoms with Gasteiger partial charge in [0.05, 0.1) is 12.2 Å². The van der Waals surface area contributed by atoms with Crippen molar-refractivity contribution >= 4 is 0 Å². The third-order valence-corrected chi connectivity index (χ3v) is 3.87. The van der Waals surface area contributed by atoms with Crippen LogP contribution in [0.15, 0.2) is 0 Å². The SMILES string of the molecule is CC(C)CC1NCCC1C1CCC(C)O1. The van der Waals surface area contributed by atoms with Crippen LogP contribution in [0, 0.1) is 11.8 Å². The lowest BCUT2D eigenvalue weighted by atomic mass is 9.88. The molecule has 2 fully saturated rings. The van der Waals surface area contributed by atoms with Gasteiger partial charge in [0.25, 0.3) is 0 Å². The maximum atomic E-state index is 6.02. The van der Waals surface area contributed by atoms with E-state index in [0.717, 1.165) is 11.8 Å². The van der Waals surface area contributed by atoms with Crippen molar-refractivity contribution in [2.24, 2.45) is 11.8 Å². The summed E-state index contributed by atoms with van der Waals surface area (Å²) in [5, 5.41) is 3.65. The molecule has 4 atom stereocenters. The van der Waals surface area contributed by atoms with E-state index in [1.165, 1.54) is 32.2 Å². The minimum Gasteiger partial charge on any atom is -0.375 e. The average molecular weight is 211 g/mol. The second-order valence-electron chi connectivity index (χ2n) is 5.71. The molecule has 0 aliphatic carbocycles. The minimum absolute atomic E-state index is 0.496. The van der Waals surface area contributed by atoms with E-state index in [-0.39, 0.29) is 0 Å². The number of nitrogens with one attached hydrogen (secondary N) is 1. The van der Waals surface area contributed by atoms with E-state index in [2.05, 4.69) is 26.1 Å². The first-order valence-corrected chi connectivity index (χ1v) is 6.55. The molecule has 2 aliphatic rings. The first-order valence-electron chi connectivity index (χ1n) is 6.55. The van der Waals surface area contributed by atoms with Crippen molar-refractivity contribution in [1.29, 1.82) is 0 Å². The topological polar surface area (TPSA) is 21.3 Å². The standard InChI is InChI=1S/C13H25NO/c1-9(2)8-12-11(6-7-14-12)13-5-4-10(3)15-13/h9-14H,4-8H2,1-3H3. The summed E-state index contributed by atoms with van der Waals surface area (Å²) in [7, 11) is 0. The first-order chi connectivity index (χ1) is 7.16. The van der Waals surface area contributed by atoms with E-state index in [1.807, 2.05) is 0 Å². The highest BCUT2D eigenvalue weighted by molar-refractivity contribution is 4.91. The van der Waals surface area contributed by atoms with Gasteiger partial charge in [-0.3, -0.25) is 0 Å². The van der Waals surface area contributed by atoms with Gasteiger partial charge in [-0.25, -0.2) is 0 Å². The Morgan fingerprint density at radius 1 is 1.27 bits per heavy atom. The van der Waals surface area contributed by atoms with Gasteiger partial charge in [-0.1, -0.05) is 13.8 Å². The third-order valence-electron chi connectivity index (χ3n) is 3.87. The Morgan fingerprint density at radius 3 is 2.67 bits per heavy atom. The molecule has 0 bridgehead atoms.